The number of nitrogens with one attached hydrogen (secondary N) is 2. The normalized spacial score (nSPS) is 14.6. The molecule has 0 bridgehead atoms. The Morgan fingerprint density at radius 3 is 2.50 bits per heavy atom. The summed E-state index contributed by atoms with van der Waals surface area (Å²) in [5.74, 6) is 0.352. The Labute approximate surface area is 98.1 Å². The molecule has 0 aliphatic rings. The molecule has 0 rings (SSSR count). The van der Waals surface area contributed by atoms with Crippen molar-refractivity contribution < 1.29 is 9.90 Å². The second kappa shape index (κ2) is 8.30. The van der Waals surface area contributed by atoms with Crippen LogP contribution in [0.25, 0.3) is 0 Å². The van der Waals surface area contributed by atoms with Crippen LogP contribution in [-0.2, 0) is 4.79 Å². The van der Waals surface area contributed by atoms with E-state index in [-0.39, 0.29) is 24.6 Å². The Balaban J connectivity index is 4.11. The van der Waals surface area contributed by atoms with Crippen LogP contribution < -0.4 is 10.6 Å². The van der Waals surface area contributed by atoms with Crippen LogP contribution in [-0.4, -0.2) is 36.2 Å². The third-order valence-electron chi connectivity index (χ3n) is 2.52. The van der Waals surface area contributed by atoms with E-state index < -0.39 is 0 Å². The smallest absolute Gasteiger partial charge is 0.237 e. The molecule has 0 heterocycles. The van der Waals surface area contributed by atoms with Gasteiger partial charge in [-0.3, -0.25) is 4.79 Å². The zero-order chi connectivity index (χ0) is 12.6. The van der Waals surface area contributed by atoms with Gasteiger partial charge >= 0.3 is 0 Å². The number of hydrogen-bond acceptors (Lipinski definition) is 3. The van der Waals surface area contributed by atoms with E-state index in [1.165, 1.54) is 0 Å². The van der Waals surface area contributed by atoms with Crippen LogP contribution in [0.15, 0.2) is 12.7 Å². The van der Waals surface area contributed by atoms with Crippen molar-refractivity contribution in [3.05, 3.63) is 12.7 Å². The lowest BCUT2D eigenvalue weighted by atomic mass is 10.0. The molecular formula is C12H24N2O2. The number of carbonyl (C=O) groups is 1. The highest BCUT2D eigenvalue weighted by atomic mass is 16.3. The average molecular weight is 228 g/mol. The summed E-state index contributed by atoms with van der Waals surface area (Å²) in [5, 5.41) is 14.9. The molecule has 0 fully saturated rings. The Hall–Kier alpha value is -0.870. The van der Waals surface area contributed by atoms with Crippen molar-refractivity contribution in [3.8, 4) is 0 Å². The molecule has 4 nitrogen and oxygen atoms in total. The lowest BCUT2D eigenvalue weighted by molar-refractivity contribution is -0.122. The molecule has 1 amide bonds. The van der Waals surface area contributed by atoms with Crippen molar-refractivity contribution in [3.63, 3.8) is 0 Å². The Bertz CT molecular complexity index is 217. The van der Waals surface area contributed by atoms with Gasteiger partial charge in [0, 0.05) is 19.2 Å². The minimum atomic E-state index is -0.251. The molecule has 0 spiro atoms. The first kappa shape index (κ1) is 15.1. The average Bonchev–Trinajstić information content (AvgIpc) is 2.24. The predicted octanol–water partition coefficient (Wildman–Crippen LogP) is 0.674. The lowest BCUT2D eigenvalue weighted by Crippen LogP contribution is -2.48. The molecule has 94 valence electrons. The fraction of sp³-hybridized carbons (Fsp3) is 0.750. The maximum Gasteiger partial charge on any atom is 0.237 e. The third-order valence-corrected chi connectivity index (χ3v) is 2.52. The quantitative estimate of drug-likeness (QED) is 0.535. The van der Waals surface area contributed by atoms with Crippen LogP contribution in [0.1, 0.15) is 27.2 Å². The van der Waals surface area contributed by atoms with Gasteiger partial charge in [0.2, 0.25) is 5.91 Å². The fourth-order valence-corrected chi connectivity index (χ4v) is 1.47. The van der Waals surface area contributed by atoms with E-state index in [4.69, 9.17) is 5.11 Å². The van der Waals surface area contributed by atoms with Gasteiger partial charge in [0.25, 0.3) is 0 Å². The number of aliphatic hydroxyl groups excluding tert-OH is 1. The van der Waals surface area contributed by atoms with Gasteiger partial charge in [0.15, 0.2) is 0 Å². The van der Waals surface area contributed by atoms with E-state index in [1.807, 2.05) is 6.92 Å². The number of carbonyl (C=O) groups excluding carboxylic acids is 1. The van der Waals surface area contributed by atoms with Crippen molar-refractivity contribution in [1.29, 1.82) is 0 Å². The largest absolute Gasteiger partial charge is 0.396 e. The Morgan fingerprint density at radius 2 is 2.06 bits per heavy atom. The Morgan fingerprint density at radius 1 is 1.44 bits per heavy atom. The second-order valence-corrected chi connectivity index (χ2v) is 4.28. The van der Waals surface area contributed by atoms with Crippen LogP contribution in [0, 0.1) is 5.92 Å². The summed E-state index contributed by atoms with van der Waals surface area (Å²) >= 11 is 0. The van der Waals surface area contributed by atoms with Gasteiger partial charge in [-0.2, -0.15) is 0 Å². The SMILES string of the molecule is C=CCNC(=O)C(C)NC(CCO)C(C)C. The predicted molar refractivity (Wildman–Crippen MR) is 66.1 cm³/mol. The molecule has 0 aromatic carbocycles. The number of aliphatic hydroxyl groups is 1. The van der Waals surface area contributed by atoms with Crippen LogP contribution in [0.4, 0.5) is 0 Å². The molecule has 2 unspecified atom stereocenters. The summed E-state index contributed by atoms with van der Waals surface area (Å²) in [6.45, 7) is 10.1. The van der Waals surface area contributed by atoms with Crippen molar-refractivity contribution in [2.45, 2.75) is 39.3 Å². The molecule has 4 heteroatoms. The van der Waals surface area contributed by atoms with Crippen LogP contribution in [0.3, 0.4) is 0 Å². The van der Waals surface area contributed by atoms with E-state index in [0.29, 0.717) is 18.9 Å². The van der Waals surface area contributed by atoms with Crippen molar-refractivity contribution in [2.24, 2.45) is 5.92 Å². The minimum absolute atomic E-state index is 0.0384. The molecule has 0 saturated carbocycles. The van der Waals surface area contributed by atoms with Crippen molar-refractivity contribution >= 4 is 5.91 Å². The van der Waals surface area contributed by atoms with Gasteiger partial charge in [-0.05, 0) is 19.3 Å². The van der Waals surface area contributed by atoms with Gasteiger partial charge in [0.1, 0.15) is 0 Å². The third kappa shape index (κ3) is 5.88. The first-order valence-corrected chi connectivity index (χ1v) is 5.78. The van der Waals surface area contributed by atoms with Crippen molar-refractivity contribution in [1.82, 2.24) is 10.6 Å². The molecule has 3 N–H and O–H groups in total. The fourth-order valence-electron chi connectivity index (χ4n) is 1.47. The van der Waals surface area contributed by atoms with Gasteiger partial charge in [-0.1, -0.05) is 19.9 Å². The Kier molecular flexibility index (Phi) is 7.85. The van der Waals surface area contributed by atoms with Gasteiger partial charge < -0.3 is 15.7 Å². The lowest BCUT2D eigenvalue weighted by Gasteiger charge is -2.25. The van der Waals surface area contributed by atoms with E-state index in [9.17, 15) is 4.79 Å². The summed E-state index contributed by atoms with van der Waals surface area (Å²) in [6, 6.07) is -0.0895. The standard InChI is InChI=1S/C12H24N2O2/c1-5-7-13-12(16)10(4)14-11(6-8-15)9(2)3/h5,9-11,14-15H,1,6-8H2,2-4H3,(H,13,16). The highest BCUT2D eigenvalue weighted by molar-refractivity contribution is 5.81. The zero-order valence-corrected chi connectivity index (χ0v) is 10.5. The summed E-state index contributed by atoms with van der Waals surface area (Å²) in [5.41, 5.74) is 0. The summed E-state index contributed by atoms with van der Waals surface area (Å²) in [7, 11) is 0. The molecule has 2 atom stereocenters. The maximum absolute atomic E-state index is 11.6. The number of amides is 1. The van der Waals surface area contributed by atoms with Crippen LogP contribution in [0.2, 0.25) is 0 Å². The van der Waals surface area contributed by atoms with Gasteiger partial charge in [0.05, 0.1) is 6.04 Å². The molecule has 0 aliphatic carbocycles. The zero-order valence-electron chi connectivity index (χ0n) is 10.5. The molecule has 0 aromatic rings. The molecular weight excluding hydrogens is 204 g/mol. The highest BCUT2D eigenvalue weighted by Crippen LogP contribution is 2.06. The van der Waals surface area contributed by atoms with Crippen LogP contribution >= 0.6 is 0 Å². The topological polar surface area (TPSA) is 61.4 Å². The van der Waals surface area contributed by atoms with Gasteiger partial charge in [-0.15, -0.1) is 6.58 Å². The van der Waals surface area contributed by atoms with Gasteiger partial charge in [-0.25, -0.2) is 0 Å². The summed E-state index contributed by atoms with van der Waals surface area (Å²) < 4.78 is 0. The van der Waals surface area contributed by atoms with E-state index in [2.05, 4.69) is 31.1 Å². The molecule has 0 saturated heterocycles. The van der Waals surface area contributed by atoms with Crippen LogP contribution in [0.5, 0.6) is 0 Å². The maximum atomic E-state index is 11.6. The van der Waals surface area contributed by atoms with E-state index in [1.54, 1.807) is 6.08 Å². The van der Waals surface area contributed by atoms with E-state index in [0.717, 1.165) is 0 Å². The monoisotopic (exact) mass is 228 g/mol. The first-order valence-electron chi connectivity index (χ1n) is 5.78. The molecule has 0 aromatic heterocycles. The summed E-state index contributed by atoms with van der Waals surface area (Å²) in [6.07, 6.45) is 2.31. The first-order chi connectivity index (χ1) is 7.52. The number of hydrogen-bond donors (Lipinski definition) is 3. The molecule has 0 radical (unpaired) electrons. The second-order valence-electron chi connectivity index (χ2n) is 4.28. The summed E-state index contributed by atoms with van der Waals surface area (Å²) in [4.78, 5) is 11.6. The number of rotatable bonds is 8. The van der Waals surface area contributed by atoms with Crippen molar-refractivity contribution in [2.75, 3.05) is 13.2 Å². The molecule has 0 aliphatic heterocycles. The molecule has 16 heavy (non-hydrogen) atoms. The van der Waals surface area contributed by atoms with E-state index >= 15 is 0 Å². The highest BCUT2D eigenvalue weighted by Gasteiger charge is 2.19. The minimum Gasteiger partial charge on any atom is -0.396 e.